The van der Waals surface area contributed by atoms with Gasteiger partial charge in [-0.3, -0.25) is 4.90 Å². The molecule has 90 valence electrons. The maximum absolute atomic E-state index is 4.30. The van der Waals surface area contributed by atoms with E-state index in [2.05, 4.69) is 36.0 Å². The second-order valence-electron chi connectivity index (χ2n) is 4.84. The molecule has 0 saturated carbocycles. The Kier molecular flexibility index (Phi) is 3.95. The third kappa shape index (κ3) is 3.03. The van der Waals surface area contributed by atoms with Gasteiger partial charge in [-0.15, -0.1) is 11.3 Å². The van der Waals surface area contributed by atoms with Gasteiger partial charge in [0.05, 0.1) is 11.2 Å². The highest BCUT2D eigenvalue weighted by Gasteiger charge is 2.20. The van der Waals surface area contributed by atoms with Crippen LogP contribution >= 0.6 is 11.3 Å². The van der Waals surface area contributed by atoms with Gasteiger partial charge in [0, 0.05) is 36.6 Å². The number of hydrogen-bond acceptors (Lipinski definition) is 4. The summed E-state index contributed by atoms with van der Waals surface area (Å²) in [7, 11) is 0. The van der Waals surface area contributed by atoms with Crippen molar-refractivity contribution in [2.75, 3.05) is 19.6 Å². The molecule has 4 heteroatoms. The molecule has 1 saturated heterocycles. The third-order valence-electron chi connectivity index (χ3n) is 3.13. The van der Waals surface area contributed by atoms with Crippen LogP contribution < -0.4 is 5.32 Å². The quantitative estimate of drug-likeness (QED) is 0.870. The lowest BCUT2D eigenvalue weighted by molar-refractivity contribution is 0.175. The molecule has 1 aliphatic heterocycles. The fraction of sp³-hybridized carbons (Fsp3) is 0.750. The number of nitrogens with one attached hydrogen (secondary N) is 1. The summed E-state index contributed by atoms with van der Waals surface area (Å²) in [5.41, 5.74) is 3.16. The molecule has 2 unspecified atom stereocenters. The highest BCUT2D eigenvalue weighted by molar-refractivity contribution is 7.09. The Hall–Kier alpha value is -0.450. The summed E-state index contributed by atoms with van der Waals surface area (Å²) in [6.07, 6.45) is 1.15. The molecule has 3 nitrogen and oxygen atoms in total. The van der Waals surface area contributed by atoms with E-state index in [4.69, 9.17) is 0 Å². The van der Waals surface area contributed by atoms with E-state index in [-0.39, 0.29) is 0 Å². The molecule has 0 bridgehead atoms. The summed E-state index contributed by atoms with van der Waals surface area (Å²) in [5, 5.41) is 3.56. The second-order valence-corrected chi connectivity index (χ2v) is 5.78. The Morgan fingerprint density at radius 2 is 2.12 bits per heavy atom. The van der Waals surface area contributed by atoms with E-state index in [1.54, 1.807) is 11.3 Å². The van der Waals surface area contributed by atoms with Crippen molar-refractivity contribution in [2.24, 2.45) is 0 Å². The summed E-state index contributed by atoms with van der Waals surface area (Å²) in [6.45, 7) is 10.1. The Labute approximate surface area is 102 Å². The van der Waals surface area contributed by atoms with Crippen molar-refractivity contribution >= 4 is 11.3 Å². The molecule has 0 aliphatic carbocycles. The summed E-state index contributed by atoms with van der Waals surface area (Å²) in [6, 6.07) is 1.23. The average Bonchev–Trinajstić information content (AvgIpc) is 2.59. The van der Waals surface area contributed by atoms with Gasteiger partial charge in [0.15, 0.2) is 0 Å². The average molecular weight is 239 g/mol. The lowest BCUT2D eigenvalue weighted by atomic mass is 10.1. The van der Waals surface area contributed by atoms with Crippen LogP contribution in [0.25, 0.3) is 0 Å². The number of piperazine rings is 1. The van der Waals surface area contributed by atoms with Crippen molar-refractivity contribution in [1.29, 1.82) is 0 Å². The van der Waals surface area contributed by atoms with Crippen LogP contribution in [-0.4, -0.2) is 41.6 Å². The Balaban J connectivity index is 1.84. The molecule has 1 N–H and O–H groups in total. The molecule has 0 amide bonds. The Morgan fingerprint density at radius 1 is 1.44 bits per heavy atom. The minimum Gasteiger partial charge on any atom is -0.309 e. The zero-order valence-corrected chi connectivity index (χ0v) is 11.2. The molecule has 1 aromatic heterocycles. The van der Waals surface area contributed by atoms with Gasteiger partial charge in [-0.1, -0.05) is 0 Å². The van der Waals surface area contributed by atoms with E-state index in [1.807, 2.05) is 5.51 Å². The third-order valence-corrected chi connectivity index (χ3v) is 4.13. The number of thiazole rings is 1. The highest BCUT2D eigenvalue weighted by Crippen LogP contribution is 2.14. The fourth-order valence-corrected chi connectivity index (χ4v) is 3.22. The van der Waals surface area contributed by atoms with Crippen LogP contribution in [0.3, 0.4) is 0 Å². The molecule has 2 atom stereocenters. The van der Waals surface area contributed by atoms with Gasteiger partial charge in [0.2, 0.25) is 0 Å². The number of hydrogen-bond donors (Lipinski definition) is 1. The minimum absolute atomic E-state index is 0.617. The van der Waals surface area contributed by atoms with E-state index in [0.29, 0.717) is 12.1 Å². The zero-order chi connectivity index (χ0) is 11.5. The largest absolute Gasteiger partial charge is 0.309 e. The first-order valence-corrected chi connectivity index (χ1v) is 6.90. The maximum atomic E-state index is 4.30. The fourth-order valence-electron chi connectivity index (χ4n) is 2.45. The van der Waals surface area contributed by atoms with Crippen LogP contribution in [0.4, 0.5) is 0 Å². The summed E-state index contributed by atoms with van der Waals surface area (Å²) in [4.78, 5) is 8.30. The monoisotopic (exact) mass is 239 g/mol. The standard InChI is InChI=1S/C12H21N3S/c1-9-6-15(7-10(2)14-9)5-4-12-11(3)13-8-16-12/h8-10,14H,4-7H2,1-3H3. The summed E-state index contributed by atoms with van der Waals surface area (Å²) in [5.74, 6) is 0. The maximum Gasteiger partial charge on any atom is 0.0797 e. The zero-order valence-electron chi connectivity index (χ0n) is 10.4. The second kappa shape index (κ2) is 5.25. The van der Waals surface area contributed by atoms with Gasteiger partial charge in [0.25, 0.3) is 0 Å². The van der Waals surface area contributed by atoms with Crippen molar-refractivity contribution in [1.82, 2.24) is 15.2 Å². The van der Waals surface area contributed by atoms with Crippen molar-refractivity contribution in [2.45, 2.75) is 39.3 Å². The number of rotatable bonds is 3. The first-order chi connectivity index (χ1) is 7.65. The van der Waals surface area contributed by atoms with Crippen LogP contribution in [0.5, 0.6) is 0 Å². The van der Waals surface area contributed by atoms with E-state index in [0.717, 1.165) is 6.42 Å². The number of aromatic nitrogens is 1. The number of aryl methyl sites for hydroxylation is 1. The Morgan fingerprint density at radius 3 is 2.69 bits per heavy atom. The molecule has 1 aromatic rings. The molecule has 2 rings (SSSR count). The van der Waals surface area contributed by atoms with Gasteiger partial charge in [-0.2, -0.15) is 0 Å². The molecule has 1 fully saturated rings. The molecule has 2 heterocycles. The van der Waals surface area contributed by atoms with Crippen LogP contribution in [0.1, 0.15) is 24.4 Å². The van der Waals surface area contributed by atoms with Gasteiger partial charge in [-0.25, -0.2) is 4.98 Å². The van der Waals surface area contributed by atoms with Gasteiger partial charge < -0.3 is 5.32 Å². The highest BCUT2D eigenvalue weighted by atomic mass is 32.1. The SMILES string of the molecule is Cc1ncsc1CCN1CC(C)NC(C)C1. The van der Waals surface area contributed by atoms with E-state index in [1.165, 1.54) is 30.2 Å². The van der Waals surface area contributed by atoms with Crippen LogP contribution in [-0.2, 0) is 6.42 Å². The topological polar surface area (TPSA) is 28.2 Å². The van der Waals surface area contributed by atoms with Gasteiger partial charge in [0.1, 0.15) is 0 Å². The molecular formula is C12H21N3S. The van der Waals surface area contributed by atoms with Crippen molar-refractivity contribution in [3.05, 3.63) is 16.1 Å². The number of nitrogens with zero attached hydrogens (tertiary/aromatic N) is 2. The van der Waals surface area contributed by atoms with Crippen molar-refractivity contribution in [3.63, 3.8) is 0 Å². The molecule has 1 aliphatic rings. The normalized spacial score (nSPS) is 27.2. The predicted octanol–water partition coefficient (Wildman–Crippen LogP) is 1.68. The summed E-state index contributed by atoms with van der Waals surface area (Å²) >= 11 is 1.79. The van der Waals surface area contributed by atoms with Crippen LogP contribution in [0.2, 0.25) is 0 Å². The first kappa shape index (κ1) is 12.0. The van der Waals surface area contributed by atoms with Crippen LogP contribution in [0.15, 0.2) is 5.51 Å². The van der Waals surface area contributed by atoms with Crippen molar-refractivity contribution in [3.8, 4) is 0 Å². The van der Waals surface area contributed by atoms with E-state index in [9.17, 15) is 0 Å². The smallest absolute Gasteiger partial charge is 0.0797 e. The van der Waals surface area contributed by atoms with Gasteiger partial charge >= 0.3 is 0 Å². The van der Waals surface area contributed by atoms with E-state index >= 15 is 0 Å². The van der Waals surface area contributed by atoms with Gasteiger partial charge in [-0.05, 0) is 27.2 Å². The molecular weight excluding hydrogens is 218 g/mol. The lowest BCUT2D eigenvalue weighted by Crippen LogP contribution is -2.54. The predicted molar refractivity (Wildman–Crippen MR) is 69.1 cm³/mol. The Bertz CT molecular complexity index is 327. The molecule has 0 spiro atoms. The lowest BCUT2D eigenvalue weighted by Gasteiger charge is -2.36. The van der Waals surface area contributed by atoms with Crippen LogP contribution in [0, 0.1) is 6.92 Å². The van der Waals surface area contributed by atoms with Crippen molar-refractivity contribution < 1.29 is 0 Å². The molecule has 16 heavy (non-hydrogen) atoms. The molecule has 0 aromatic carbocycles. The molecule has 0 radical (unpaired) electrons. The summed E-state index contributed by atoms with van der Waals surface area (Å²) < 4.78 is 0. The first-order valence-electron chi connectivity index (χ1n) is 6.02. The van der Waals surface area contributed by atoms with E-state index < -0.39 is 0 Å². The minimum atomic E-state index is 0.617.